The molecule has 21 heavy (non-hydrogen) atoms. The molecule has 0 saturated heterocycles. The van der Waals surface area contributed by atoms with E-state index in [1.165, 1.54) is 10.4 Å². The molecule has 0 fully saturated rings. The van der Waals surface area contributed by atoms with Crippen LogP contribution >= 0.6 is 11.3 Å². The van der Waals surface area contributed by atoms with Crippen LogP contribution in [0.4, 0.5) is 0 Å². The molecular weight excluding hydrogens is 286 g/mol. The second-order valence-corrected chi connectivity index (χ2v) is 7.20. The van der Waals surface area contributed by atoms with Crippen LogP contribution in [0.25, 0.3) is 0 Å². The zero-order chi connectivity index (χ0) is 15.5. The number of carbonyl (C=O) groups excluding carboxylic acids is 2. The van der Waals surface area contributed by atoms with Crippen molar-refractivity contribution in [2.45, 2.75) is 45.2 Å². The van der Waals surface area contributed by atoms with Crippen LogP contribution in [0, 0.1) is 0 Å². The smallest absolute Gasteiger partial charge is 0.223 e. The number of thiophene rings is 1. The van der Waals surface area contributed by atoms with Gasteiger partial charge < -0.3 is 16.0 Å². The van der Waals surface area contributed by atoms with Gasteiger partial charge in [0.2, 0.25) is 11.8 Å². The predicted molar refractivity (Wildman–Crippen MR) is 84.0 cm³/mol. The Hall–Kier alpha value is -1.40. The summed E-state index contributed by atoms with van der Waals surface area (Å²) in [4.78, 5) is 27.1. The average Bonchev–Trinajstić information content (AvgIpc) is 2.89. The lowest BCUT2D eigenvalue weighted by Gasteiger charge is -2.27. The molecule has 1 aromatic rings. The van der Waals surface area contributed by atoms with Gasteiger partial charge in [-0.3, -0.25) is 9.59 Å². The third-order valence-corrected chi connectivity index (χ3v) is 4.49. The van der Waals surface area contributed by atoms with Gasteiger partial charge in [-0.1, -0.05) is 0 Å². The third kappa shape index (κ3) is 4.82. The number of rotatable bonds is 5. The van der Waals surface area contributed by atoms with Crippen LogP contribution in [0.1, 0.15) is 37.1 Å². The lowest BCUT2D eigenvalue weighted by Crippen LogP contribution is -2.45. The molecule has 0 aromatic carbocycles. The molecule has 2 heterocycles. The van der Waals surface area contributed by atoms with Crippen LogP contribution in [0.5, 0.6) is 0 Å². The van der Waals surface area contributed by atoms with Crippen LogP contribution in [0.3, 0.4) is 0 Å². The number of hydrogen-bond donors (Lipinski definition) is 2. The molecule has 0 radical (unpaired) electrons. The number of hydrogen-bond acceptors (Lipinski definition) is 4. The van der Waals surface area contributed by atoms with Gasteiger partial charge in [0.1, 0.15) is 0 Å². The lowest BCUT2D eigenvalue weighted by atomic mass is 10.1. The van der Waals surface area contributed by atoms with Crippen molar-refractivity contribution in [1.29, 1.82) is 0 Å². The SMILES string of the molecule is CC(C)(N)CNC(=O)CCC(=O)N1CCc2sccc2C1. The maximum absolute atomic E-state index is 12.2. The fraction of sp³-hybridized carbons (Fsp3) is 0.600. The Balaban J connectivity index is 1.74. The monoisotopic (exact) mass is 309 g/mol. The molecule has 0 atom stereocenters. The van der Waals surface area contributed by atoms with Crippen molar-refractivity contribution in [2.75, 3.05) is 13.1 Å². The van der Waals surface area contributed by atoms with Crippen LogP contribution in [-0.2, 0) is 22.6 Å². The van der Waals surface area contributed by atoms with E-state index in [0.29, 0.717) is 13.1 Å². The molecule has 0 saturated carbocycles. The molecule has 0 unspecified atom stereocenters. The van der Waals surface area contributed by atoms with Crippen molar-refractivity contribution in [2.24, 2.45) is 5.73 Å². The summed E-state index contributed by atoms with van der Waals surface area (Å²) in [7, 11) is 0. The number of nitrogens with two attached hydrogens (primary N) is 1. The first-order valence-corrected chi connectivity index (χ1v) is 8.12. The molecule has 6 heteroatoms. The summed E-state index contributed by atoms with van der Waals surface area (Å²) < 4.78 is 0. The lowest BCUT2D eigenvalue weighted by molar-refractivity contribution is -0.134. The van der Waals surface area contributed by atoms with Gasteiger partial charge in [0.05, 0.1) is 0 Å². The van der Waals surface area contributed by atoms with Crippen molar-refractivity contribution in [3.05, 3.63) is 21.9 Å². The van der Waals surface area contributed by atoms with Gasteiger partial charge in [0.15, 0.2) is 0 Å². The quantitative estimate of drug-likeness (QED) is 0.860. The predicted octanol–water partition coefficient (Wildman–Crippen LogP) is 1.27. The maximum Gasteiger partial charge on any atom is 0.223 e. The first-order valence-electron chi connectivity index (χ1n) is 7.24. The first-order chi connectivity index (χ1) is 9.85. The Morgan fingerprint density at radius 1 is 1.43 bits per heavy atom. The minimum absolute atomic E-state index is 0.0500. The summed E-state index contributed by atoms with van der Waals surface area (Å²) >= 11 is 1.75. The number of carbonyl (C=O) groups is 2. The van der Waals surface area contributed by atoms with Gasteiger partial charge in [0.25, 0.3) is 0 Å². The molecule has 1 aliphatic rings. The normalized spacial score (nSPS) is 14.7. The van der Waals surface area contributed by atoms with Crippen molar-refractivity contribution in [3.8, 4) is 0 Å². The standard InChI is InChI=1S/C15H23N3O2S/c1-15(2,16)10-17-13(19)3-4-14(20)18-7-5-12-11(9-18)6-8-21-12/h6,8H,3-5,7,9-10,16H2,1-2H3,(H,17,19). The van der Waals surface area contributed by atoms with Gasteiger partial charge >= 0.3 is 0 Å². The summed E-state index contributed by atoms with van der Waals surface area (Å²) in [5.41, 5.74) is 6.62. The topological polar surface area (TPSA) is 75.4 Å². The molecule has 1 aromatic heterocycles. The fourth-order valence-electron chi connectivity index (χ4n) is 2.25. The van der Waals surface area contributed by atoms with E-state index in [-0.39, 0.29) is 24.7 Å². The number of amides is 2. The van der Waals surface area contributed by atoms with Gasteiger partial charge in [-0.05, 0) is 37.3 Å². The highest BCUT2D eigenvalue weighted by atomic mass is 32.1. The number of fused-ring (bicyclic) bond motifs is 1. The van der Waals surface area contributed by atoms with Gasteiger partial charge in [-0.2, -0.15) is 0 Å². The zero-order valence-corrected chi connectivity index (χ0v) is 13.5. The summed E-state index contributed by atoms with van der Waals surface area (Å²) in [6.45, 7) is 5.55. The highest BCUT2D eigenvalue weighted by molar-refractivity contribution is 7.10. The van der Waals surface area contributed by atoms with E-state index in [9.17, 15) is 9.59 Å². The van der Waals surface area contributed by atoms with Gasteiger partial charge in [-0.25, -0.2) is 0 Å². The average molecular weight is 309 g/mol. The first kappa shape index (κ1) is 16.0. The van der Waals surface area contributed by atoms with E-state index in [0.717, 1.165) is 13.0 Å². The van der Waals surface area contributed by atoms with Crippen LogP contribution in [0.15, 0.2) is 11.4 Å². The van der Waals surface area contributed by atoms with Crippen molar-refractivity contribution >= 4 is 23.2 Å². The van der Waals surface area contributed by atoms with Gasteiger partial charge in [0, 0.05) is 42.9 Å². The van der Waals surface area contributed by atoms with Gasteiger partial charge in [-0.15, -0.1) is 11.3 Å². The van der Waals surface area contributed by atoms with E-state index in [1.54, 1.807) is 11.3 Å². The van der Waals surface area contributed by atoms with Crippen LogP contribution < -0.4 is 11.1 Å². The van der Waals surface area contributed by atoms with E-state index < -0.39 is 5.54 Å². The summed E-state index contributed by atoms with van der Waals surface area (Å²) in [6.07, 6.45) is 1.41. The van der Waals surface area contributed by atoms with Crippen LogP contribution in [0.2, 0.25) is 0 Å². The number of nitrogens with one attached hydrogen (secondary N) is 1. The Bertz CT molecular complexity index is 519. The molecule has 3 N–H and O–H groups in total. The second-order valence-electron chi connectivity index (χ2n) is 6.20. The molecule has 0 spiro atoms. The molecule has 0 bridgehead atoms. The molecule has 5 nitrogen and oxygen atoms in total. The van der Waals surface area contributed by atoms with E-state index in [2.05, 4.69) is 16.8 Å². The highest BCUT2D eigenvalue weighted by Gasteiger charge is 2.22. The summed E-state index contributed by atoms with van der Waals surface area (Å²) in [5.74, 6) is -0.0656. The second kappa shape index (κ2) is 6.58. The third-order valence-electron chi connectivity index (χ3n) is 3.47. The Kier molecular flexibility index (Phi) is 5.00. The summed E-state index contributed by atoms with van der Waals surface area (Å²) in [5, 5.41) is 4.83. The zero-order valence-electron chi connectivity index (χ0n) is 12.6. The van der Waals surface area contributed by atoms with Crippen molar-refractivity contribution in [1.82, 2.24) is 10.2 Å². The molecule has 2 amide bonds. The Morgan fingerprint density at radius 2 is 2.19 bits per heavy atom. The van der Waals surface area contributed by atoms with Crippen LogP contribution in [-0.4, -0.2) is 35.3 Å². The fourth-order valence-corrected chi connectivity index (χ4v) is 3.14. The molecular formula is C15H23N3O2S. The van der Waals surface area contributed by atoms with E-state index in [1.807, 2.05) is 18.7 Å². The molecule has 1 aliphatic heterocycles. The minimum Gasteiger partial charge on any atom is -0.354 e. The maximum atomic E-state index is 12.2. The molecule has 116 valence electrons. The van der Waals surface area contributed by atoms with Crippen molar-refractivity contribution in [3.63, 3.8) is 0 Å². The van der Waals surface area contributed by atoms with Crippen molar-refractivity contribution < 1.29 is 9.59 Å². The number of nitrogens with zero attached hydrogens (tertiary/aromatic N) is 1. The minimum atomic E-state index is -0.429. The Morgan fingerprint density at radius 3 is 2.90 bits per heavy atom. The van der Waals surface area contributed by atoms with E-state index in [4.69, 9.17) is 5.73 Å². The highest BCUT2D eigenvalue weighted by Crippen LogP contribution is 2.24. The molecule has 2 rings (SSSR count). The largest absolute Gasteiger partial charge is 0.354 e. The summed E-state index contributed by atoms with van der Waals surface area (Å²) in [6, 6.07) is 2.08. The Labute approximate surface area is 129 Å². The molecule has 0 aliphatic carbocycles. The van der Waals surface area contributed by atoms with E-state index >= 15 is 0 Å².